The molecule has 0 fully saturated rings. The number of pyridine rings is 1. The molecule has 1 unspecified atom stereocenters. The molecule has 0 aliphatic rings. The van der Waals surface area contributed by atoms with Crippen LogP contribution in [0.25, 0.3) is 0 Å². The average Bonchev–Trinajstić information content (AvgIpc) is 2.24. The molecule has 0 aromatic carbocycles. The second kappa shape index (κ2) is 6.21. The maximum atomic E-state index is 5.75. The first-order valence-corrected chi connectivity index (χ1v) is 7.20. The van der Waals surface area contributed by atoms with Gasteiger partial charge in [0.25, 0.3) is 0 Å². The number of hydrogen-bond donors (Lipinski definition) is 2. The van der Waals surface area contributed by atoms with Crippen LogP contribution in [0.2, 0.25) is 0 Å². The van der Waals surface area contributed by atoms with Gasteiger partial charge in [-0.05, 0) is 31.7 Å². The van der Waals surface area contributed by atoms with Gasteiger partial charge in [-0.15, -0.1) is 0 Å². The van der Waals surface area contributed by atoms with Crippen molar-refractivity contribution in [3.63, 3.8) is 0 Å². The van der Waals surface area contributed by atoms with Crippen molar-refractivity contribution in [3.05, 3.63) is 22.9 Å². The highest BCUT2D eigenvalue weighted by Gasteiger charge is 2.11. The maximum Gasteiger partial charge on any atom is 0.136 e. The molecule has 5 heteroatoms. The first-order valence-electron chi connectivity index (χ1n) is 5.50. The Kier molecular flexibility index (Phi) is 5.21. The van der Waals surface area contributed by atoms with Gasteiger partial charge in [-0.3, -0.25) is 0 Å². The van der Waals surface area contributed by atoms with E-state index in [1.165, 1.54) is 0 Å². The average molecular weight is 269 g/mol. The van der Waals surface area contributed by atoms with E-state index in [2.05, 4.69) is 23.5 Å². The summed E-state index contributed by atoms with van der Waals surface area (Å²) in [5.74, 6) is 0.802. The molecule has 0 saturated heterocycles. The van der Waals surface area contributed by atoms with Gasteiger partial charge in [-0.1, -0.05) is 19.1 Å². The number of aromatic nitrogens is 1. The van der Waals surface area contributed by atoms with E-state index in [1.54, 1.807) is 0 Å². The monoisotopic (exact) mass is 269 g/mol. The van der Waals surface area contributed by atoms with Gasteiger partial charge in [0.2, 0.25) is 0 Å². The van der Waals surface area contributed by atoms with Gasteiger partial charge < -0.3 is 11.1 Å². The summed E-state index contributed by atoms with van der Waals surface area (Å²) >= 11 is 6.89. The SMILES string of the molecule is CSC(C)CNc1nc(C)cc(C)c1C(N)=S. The van der Waals surface area contributed by atoms with Crippen LogP contribution in [0.3, 0.4) is 0 Å². The summed E-state index contributed by atoms with van der Waals surface area (Å²) in [6.07, 6.45) is 2.09. The zero-order valence-corrected chi connectivity index (χ0v) is 12.3. The molecule has 17 heavy (non-hydrogen) atoms. The molecule has 3 N–H and O–H groups in total. The lowest BCUT2D eigenvalue weighted by Crippen LogP contribution is -2.20. The summed E-state index contributed by atoms with van der Waals surface area (Å²) in [5.41, 5.74) is 8.66. The Morgan fingerprint density at radius 2 is 2.24 bits per heavy atom. The molecular weight excluding hydrogens is 250 g/mol. The molecular formula is C12H19N3S2. The van der Waals surface area contributed by atoms with Crippen LogP contribution in [0.5, 0.6) is 0 Å². The van der Waals surface area contributed by atoms with Crippen LogP contribution in [0.1, 0.15) is 23.7 Å². The number of nitrogens with zero attached hydrogens (tertiary/aromatic N) is 1. The van der Waals surface area contributed by atoms with Crippen molar-refractivity contribution in [3.8, 4) is 0 Å². The van der Waals surface area contributed by atoms with Crippen molar-refractivity contribution in [1.82, 2.24) is 4.98 Å². The van der Waals surface area contributed by atoms with Gasteiger partial charge in [-0.2, -0.15) is 11.8 Å². The third-order valence-corrected chi connectivity index (χ3v) is 3.73. The number of thioether (sulfide) groups is 1. The lowest BCUT2D eigenvalue weighted by Gasteiger charge is -2.15. The number of nitrogens with one attached hydrogen (secondary N) is 1. The van der Waals surface area contributed by atoms with Gasteiger partial charge in [0.05, 0.1) is 5.56 Å². The third-order valence-electron chi connectivity index (χ3n) is 2.55. The van der Waals surface area contributed by atoms with E-state index >= 15 is 0 Å². The van der Waals surface area contributed by atoms with Crippen LogP contribution in [0.15, 0.2) is 6.07 Å². The Bertz CT molecular complexity index is 418. The van der Waals surface area contributed by atoms with Gasteiger partial charge in [0.15, 0.2) is 0 Å². The molecule has 94 valence electrons. The minimum Gasteiger partial charge on any atom is -0.389 e. The molecule has 0 amide bonds. The minimum absolute atomic E-state index is 0.398. The number of rotatable bonds is 5. The van der Waals surface area contributed by atoms with Crippen molar-refractivity contribution in [2.75, 3.05) is 18.1 Å². The van der Waals surface area contributed by atoms with E-state index in [1.807, 2.05) is 31.7 Å². The normalized spacial score (nSPS) is 12.2. The van der Waals surface area contributed by atoms with E-state index in [0.29, 0.717) is 10.2 Å². The van der Waals surface area contributed by atoms with Gasteiger partial charge in [0.1, 0.15) is 10.8 Å². The zero-order valence-electron chi connectivity index (χ0n) is 10.7. The predicted molar refractivity (Wildman–Crippen MR) is 81.1 cm³/mol. The molecule has 1 rings (SSSR count). The van der Waals surface area contributed by atoms with E-state index < -0.39 is 0 Å². The Labute approximate surface area is 113 Å². The molecule has 0 radical (unpaired) electrons. The molecule has 0 spiro atoms. The second-order valence-corrected chi connectivity index (χ2v) is 5.81. The highest BCUT2D eigenvalue weighted by Crippen LogP contribution is 2.19. The second-order valence-electron chi connectivity index (χ2n) is 4.10. The molecule has 0 aliphatic carbocycles. The van der Waals surface area contributed by atoms with Crippen molar-refractivity contribution < 1.29 is 0 Å². The standard InChI is InChI=1S/C12H19N3S2/c1-7-5-8(2)15-12(10(7)11(13)16)14-6-9(3)17-4/h5,9H,6H2,1-4H3,(H2,13,16)(H,14,15). The summed E-state index contributed by atoms with van der Waals surface area (Å²) in [5, 5.41) is 3.85. The summed E-state index contributed by atoms with van der Waals surface area (Å²) in [6.45, 7) is 7.00. The Balaban J connectivity index is 3.00. The van der Waals surface area contributed by atoms with E-state index in [4.69, 9.17) is 18.0 Å². The van der Waals surface area contributed by atoms with Crippen molar-refractivity contribution in [1.29, 1.82) is 0 Å². The minimum atomic E-state index is 0.398. The van der Waals surface area contributed by atoms with Gasteiger partial charge >= 0.3 is 0 Å². The van der Waals surface area contributed by atoms with Crippen molar-refractivity contribution in [2.45, 2.75) is 26.0 Å². The van der Waals surface area contributed by atoms with E-state index in [-0.39, 0.29) is 0 Å². The highest BCUT2D eigenvalue weighted by molar-refractivity contribution is 7.99. The maximum absolute atomic E-state index is 5.75. The first-order chi connectivity index (χ1) is 7.95. The number of anilines is 1. The molecule has 1 aromatic rings. The van der Waals surface area contributed by atoms with Crippen molar-refractivity contribution in [2.24, 2.45) is 5.73 Å². The lowest BCUT2D eigenvalue weighted by molar-refractivity contribution is 0.984. The number of aryl methyl sites for hydroxylation is 2. The molecule has 0 saturated carbocycles. The summed E-state index contributed by atoms with van der Waals surface area (Å²) in [7, 11) is 0. The number of thiocarbonyl (C=S) groups is 1. The lowest BCUT2D eigenvalue weighted by atomic mass is 10.1. The first kappa shape index (κ1) is 14.3. The Morgan fingerprint density at radius 3 is 2.76 bits per heavy atom. The van der Waals surface area contributed by atoms with E-state index in [9.17, 15) is 0 Å². The molecule has 3 nitrogen and oxygen atoms in total. The summed E-state index contributed by atoms with van der Waals surface area (Å²) in [6, 6.07) is 2.00. The molecule has 1 aromatic heterocycles. The fraction of sp³-hybridized carbons (Fsp3) is 0.500. The fourth-order valence-electron chi connectivity index (χ4n) is 1.60. The topological polar surface area (TPSA) is 50.9 Å². The number of nitrogens with two attached hydrogens (primary N) is 1. The Hall–Kier alpha value is -0.810. The Morgan fingerprint density at radius 1 is 1.59 bits per heavy atom. The molecule has 1 atom stereocenters. The molecule has 0 aliphatic heterocycles. The van der Waals surface area contributed by atoms with Crippen LogP contribution in [0, 0.1) is 13.8 Å². The van der Waals surface area contributed by atoms with Crippen LogP contribution < -0.4 is 11.1 Å². The largest absolute Gasteiger partial charge is 0.389 e. The van der Waals surface area contributed by atoms with Crippen LogP contribution in [-0.2, 0) is 0 Å². The molecule has 1 heterocycles. The summed E-state index contributed by atoms with van der Waals surface area (Å²) < 4.78 is 0. The zero-order chi connectivity index (χ0) is 13.0. The smallest absolute Gasteiger partial charge is 0.136 e. The van der Waals surface area contributed by atoms with Gasteiger partial charge in [-0.25, -0.2) is 4.98 Å². The predicted octanol–water partition coefficient (Wildman–Crippen LogP) is 2.50. The quantitative estimate of drug-likeness (QED) is 0.804. The summed E-state index contributed by atoms with van der Waals surface area (Å²) in [4.78, 5) is 4.87. The molecule has 0 bridgehead atoms. The van der Waals surface area contributed by atoms with Crippen LogP contribution in [0.4, 0.5) is 5.82 Å². The van der Waals surface area contributed by atoms with E-state index in [0.717, 1.165) is 29.2 Å². The fourth-order valence-corrected chi connectivity index (χ4v) is 2.11. The van der Waals surface area contributed by atoms with Crippen molar-refractivity contribution >= 4 is 34.8 Å². The highest BCUT2D eigenvalue weighted by atomic mass is 32.2. The third kappa shape index (κ3) is 3.85. The van der Waals surface area contributed by atoms with Crippen LogP contribution >= 0.6 is 24.0 Å². The van der Waals surface area contributed by atoms with Gasteiger partial charge in [0, 0.05) is 17.5 Å². The van der Waals surface area contributed by atoms with Crippen LogP contribution in [-0.4, -0.2) is 28.0 Å². The number of hydrogen-bond acceptors (Lipinski definition) is 4.